The summed E-state index contributed by atoms with van der Waals surface area (Å²) in [4.78, 5) is 29.0. The van der Waals surface area contributed by atoms with Gasteiger partial charge in [-0.2, -0.15) is 4.31 Å². The number of carbonyl (C=O) groups excluding carboxylic acids is 2. The van der Waals surface area contributed by atoms with E-state index >= 15 is 0 Å². The molecular formula is C23H27N3O4S. The number of aryl methyl sites for hydroxylation is 1. The van der Waals surface area contributed by atoms with Gasteiger partial charge in [0.25, 0.3) is 0 Å². The monoisotopic (exact) mass is 441 g/mol. The molecule has 2 aliphatic rings. The minimum atomic E-state index is -3.53. The first kappa shape index (κ1) is 21.5. The van der Waals surface area contributed by atoms with Gasteiger partial charge in [0.2, 0.25) is 10.0 Å². The Morgan fingerprint density at radius 1 is 0.839 bits per heavy atom. The lowest BCUT2D eigenvalue weighted by atomic mass is 10.0. The Morgan fingerprint density at radius 3 is 2.13 bits per heavy atom. The van der Waals surface area contributed by atoms with E-state index in [0.29, 0.717) is 45.6 Å². The van der Waals surface area contributed by atoms with Gasteiger partial charge < -0.3 is 9.80 Å². The van der Waals surface area contributed by atoms with Crippen LogP contribution in [0.25, 0.3) is 0 Å². The Balaban J connectivity index is 1.36. The Bertz CT molecular complexity index is 1050. The third-order valence-electron chi connectivity index (χ3n) is 6.08. The zero-order chi connectivity index (χ0) is 22.0. The largest absolute Gasteiger partial charge is 0.330 e. The molecule has 2 heterocycles. The zero-order valence-electron chi connectivity index (χ0n) is 17.6. The molecule has 2 amide bonds. The number of amides is 2. The summed E-state index contributed by atoms with van der Waals surface area (Å²) in [6.45, 7) is 4.08. The molecule has 0 aromatic heterocycles. The number of piperidine rings is 1. The van der Waals surface area contributed by atoms with Crippen LogP contribution < -0.4 is 0 Å². The Kier molecular flexibility index (Phi) is 6.11. The third kappa shape index (κ3) is 4.50. The standard InChI is InChI=1S/C23H27N3O4S/c1-18-7-9-19(10-8-18)17-24-15-16-26(23(28)22(24)27)20-11-13-25(14-12-20)31(29,30)21-5-3-2-4-6-21/h2-10,20H,11-17H2,1H3. The maximum absolute atomic E-state index is 12.8. The van der Waals surface area contributed by atoms with E-state index in [0.717, 1.165) is 11.1 Å². The fraction of sp³-hybridized carbons (Fsp3) is 0.391. The van der Waals surface area contributed by atoms with Crippen molar-refractivity contribution in [3.05, 3.63) is 65.7 Å². The molecule has 0 radical (unpaired) electrons. The lowest BCUT2D eigenvalue weighted by Crippen LogP contribution is -2.58. The van der Waals surface area contributed by atoms with Gasteiger partial charge in [-0.15, -0.1) is 0 Å². The number of benzene rings is 2. The molecule has 0 atom stereocenters. The van der Waals surface area contributed by atoms with Crippen LogP contribution in [0.4, 0.5) is 0 Å². The normalized spacial score (nSPS) is 19.1. The molecule has 0 N–H and O–H groups in total. The van der Waals surface area contributed by atoms with E-state index < -0.39 is 21.8 Å². The fourth-order valence-electron chi connectivity index (χ4n) is 4.24. The maximum Gasteiger partial charge on any atom is 0.312 e. The number of hydrogen-bond donors (Lipinski definition) is 0. The van der Waals surface area contributed by atoms with Crippen LogP contribution in [0.15, 0.2) is 59.5 Å². The van der Waals surface area contributed by atoms with Crippen molar-refractivity contribution in [2.45, 2.75) is 37.2 Å². The van der Waals surface area contributed by atoms with E-state index in [9.17, 15) is 18.0 Å². The van der Waals surface area contributed by atoms with Gasteiger partial charge in [0, 0.05) is 38.8 Å². The molecular weight excluding hydrogens is 414 g/mol. The van der Waals surface area contributed by atoms with Crippen molar-refractivity contribution in [3.63, 3.8) is 0 Å². The highest BCUT2D eigenvalue weighted by Gasteiger charge is 2.39. The summed E-state index contributed by atoms with van der Waals surface area (Å²) in [5, 5.41) is 0. The molecule has 2 saturated heterocycles. The summed E-state index contributed by atoms with van der Waals surface area (Å²) >= 11 is 0. The van der Waals surface area contributed by atoms with Crippen LogP contribution in [0.1, 0.15) is 24.0 Å². The first-order valence-electron chi connectivity index (χ1n) is 10.6. The van der Waals surface area contributed by atoms with E-state index in [-0.39, 0.29) is 10.9 Å². The molecule has 2 aromatic carbocycles. The van der Waals surface area contributed by atoms with Crippen molar-refractivity contribution in [1.29, 1.82) is 0 Å². The Morgan fingerprint density at radius 2 is 1.48 bits per heavy atom. The van der Waals surface area contributed by atoms with E-state index in [2.05, 4.69) is 0 Å². The molecule has 8 heteroatoms. The van der Waals surface area contributed by atoms with Gasteiger partial charge in [0.05, 0.1) is 4.90 Å². The van der Waals surface area contributed by atoms with Gasteiger partial charge >= 0.3 is 11.8 Å². The summed E-state index contributed by atoms with van der Waals surface area (Å²) in [6, 6.07) is 16.2. The van der Waals surface area contributed by atoms with Crippen LogP contribution in [-0.4, -0.2) is 66.6 Å². The van der Waals surface area contributed by atoms with E-state index in [1.807, 2.05) is 31.2 Å². The summed E-state index contributed by atoms with van der Waals surface area (Å²) in [6.07, 6.45) is 1.06. The highest BCUT2D eigenvalue weighted by atomic mass is 32.2. The quantitative estimate of drug-likeness (QED) is 0.665. The molecule has 7 nitrogen and oxygen atoms in total. The second-order valence-electron chi connectivity index (χ2n) is 8.16. The average molecular weight is 442 g/mol. The minimum Gasteiger partial charge on any atom is -0.330 e. The predicted octanol–water partition coefficient (Wildman–Crippen LogP) is 2.02. The minimum absolute atomic E-state index is 0.111. The van der Waals surface area contributed by atoms with Crippen LogP contribution in [-0.2, 0) is 26.2 Å². The van der Waals surface area contributed by atoms with Crippen molar-refractivity contribution in [2.75, 3.05) is 26.2 Å². The van der Waals surface area contributed by atoms with Crippen LogP contribution in [0, 0.1) is 6.92 Å². The average Bonchev–Trinajstić information content (AvgIpc) is 2.79. The first-order chi connectivity index (χ1) is 14.9. The van der Waals surface area contributed by atoms with Crippen molar-refractivity contribution in [3.8, 4) is 0 Å². The molecule has 2 aliphatic heterocycles. The van der Waals surface area contributed by atoms with Crippen LogP contribution in [0.2, 0.25) is 0 Å². The lowest BCUT2D eigenvalue weighted by Gasteiger charge is -2.41. The van der Waals surface area contributed by atoms with Gasteiger partial charge in [-0.25, -0.2) is 8.42 Å². The van der Waals surface area contributed by atoms with Gasteiger partial charge in [0.15, 0.2) is 0 Å². The maximum atomic E-state index is 12.8. The topological polar surface area (TPSA) is 78.0 Å². The summed E-state index contributed by atoms with van der Waals surface area (Å²) in [5.74, 6) is -0.964. The number of carbonyl (C=O) groups is 2. The number of hydrogen-bond acceptors (Lipinski definition) is 4. The van der Waals surface area contributed by atoms with Crippen molar-refractivity contribution in [2.24, 2.45) is 0 Å². The molecule has 0 bridgehead atoms. The van der Waals surface area contributed by atoms with Crippen molar-refractivity contribution >= 4 is 21.8 Å². The smallest absolute Gasteiger partial charge is 0.312 e. The highest BCUT2D eigenvalue weighted by molar-refractivity contribution is 7.89. The van der Waals surface area contributed by atoms with Gasteiger partial charge in [0.1, 0.15) is 0 Å². The molecule has 2 aromatic rings. The molecule has 0 saturated carbocycles. The van der Waals surface area contributed by atoms with Gasteiger partial charge in [-0.1, -0.05) is 48.0 Å². The second-order valence-corrected chi connectivity index (χ2v) is 10.1. The third-order valence-corrected chi connectivity index (χ3v) is 7.99. The second kappa shape index (κ2) is 8.80. The molecule has 31 heavy (non-hydrogen) atoms. The van der Waals surface area contributed by atoms with E-state index in [1.54, 1.807) is 40.1 Å². The summed E-state index contributed by atoms with van der Waals surface area (Å²) in [5.41, 5.74) is 2.15. The Labute approximate surface area is 183 Å². The molecule has 0 spiro atoms. The van der Waals surface area contributed by atoms with Gasteiger partial charge in [-0.3, -0.25) is 9.59 Å². The molecule has 0 unspecified atom stereocenters. The molecule has 2 fully saturated rings. The predicted molar refractivity (Wildman–Crippen MR) is 117 cm³/mol. The number of rotatable bonds is 5. The van der Waals surface area contributed by atoms with E-state index in [1.165, 1.54) is 4.31 Å². The van der Waals surface area contributed by atoms with Crippen molar-refractivity contribution < 1.29 is 18.0 Å². The number of piperazine rings is 1. The van der Waals surface area contributed by atoms with Gasteiger partial charge in [-0.05, 0) is 37.5 Å². The number of nitrogens with zero attached hydrogens (tertiary/aromatic N) is 3. The lowest BCUT2D eigenvalue weighted by molar-refractivity contribution is -0.158. The van der Waals surface area contributed by atoms with Crippen LogP contribution >= 0.6 is 0 Å². The zero-order valence-corrected chi connectivity index (χ0v) is 18.4. The Hall–Kier alpha value is -2.71. The SMILES string of the molecule is Cc1ccc(CN2CCN(C3CCN(S(=O)(=O)c4ccccc4)CC3)C(=O)C2=O)cc1. The van der Waals surface area contributed by atoms with Crippen LogP contribution in [0.5, 0.6) is 0 Å². The molecule has 164 valence electrons. The number of sulfonamides is 1. The fourth-order valence-corrected chi connectivity index (χ4v) is 5.73. The van der Waals surface area contributed by atoms with Crippen LogP contribution in [0.3, 0.4) is 0 Å². The van der Waals surface area contributed by atoms with Crippen molar-refractivity contribution in [1.82, 2.24) is 14.1 Å². The highest BCUT2D eigenvalue weighted by Crippen LogP contribution is 2.25. The molecule has 0 aliphatic carbocycles. The molecule has 4 rings (SSSR count). The first-order valence-corrected chi connectivity index (χ1v) is 12.0. The summed E-state index contributed by atoms with van der Waals surface area (Å²) < 4.78 is 27.1. The van der Waals surface area contributed by atoms with E-state index in [4.69, 9.17) is 0 Å². The summed E-state index contributed by atoms with van der Waals surface area (Å²) in [7, 11) is -3.53.